The molecule has 0 radical (unpaired) electrons. The fourth-order valence-corrected chi connectivity index (χ4v) is 9.77. The van der Waals surface area contributed by atoms with E-state index < -0.39 is 0 Å². The van der Waals surface area contributed by atoms with Crippen molar-refractivity contribution in [2.24, 2.45) is 9.98 Å². The van der Waals surface area contributed by atoms with Crippen LogP contribution >= 0.6 is 47.8 Å². The molecule has 1 N–H and O–H groups in total. The van der Waals surface area contributed by atoms with E-state index in [4.69, 9.17) is 19.2 Å². The summed E-state index contributed by atoms with van der Waals surface area (Å²) in [6.07, 6.45) is 3.72. The Labute approximate surface area is 374 Å². The summed E-state index contributed by atoms with van der Waals surface area (Å²) in [5, 5.41) is 3.61. The van der Waals surface area contributed by atoms with Crippen LogP contribution in [0.5, 0.6) is 11.5 Å². The van der Waals surface area contributed by atoms with E-state index in [0.29, 0.717) is 59.9 Å². The minimum Gasteiger partial charge on any atom is -0.496 e. The fraction of sp³-hybridized carbons (Fsp3) is 0.463. The molecule has 2 amide bonds. The van der Waals surface area contributed by atoms with Crippen LogP contribution in [-0.4, -0.2) is 125 Å². The van der Waals surface area contributed by atoms with Gasteiger partial charge in [0.1, 0.15) is 11.5 Å². The van der Waals surface area contributed by atoms with Crippen LogP contribution in [-0.2, 0) is 17.8 Å². The van der Waals surface area contributed by atoms with Crippen LogP contribution in [0.4, 0.5) is 17.6 Å². The van der Waals surface area contributed by atoms with Crippen molar-refractivity contribution in [1.29, 1.82) is 0 Å². The van der Waals surface area contributed by atoms with Gasteiger partial charge in [-0.25, -0.2) is 4.98 Å². The van der Waals surface area contributed by atoms with E-state index in [1.54, 1.807) is 24.0 Å². The first-order valence-corrected chi connectivity index (χ1v) is 22.7. The highest BCUT2D eigenvalue weighted by Crippen LogP contribution is 2.36. The summed E-state index contributed by atoms with van der Waals surface area (Å²) in [4.78, 5) is 53.4. The van der Waals surface area contributed by atoms with Crippen LogP contribution in [0.1, 0.15) is 71.6 Å². The van der Waals surface area contributed by atoms with Crippen molar-refractivity contribution in [2.45, 2.75) is 58.7 Å². The average Bonchev–Trinajstić information content (AvgIpc) is 3.78. The number of rotatable bonds is 10. The summed E-state index contributed by atoms with van der Waals surface area (Å²) in [5.41, 5.74) is 3.29. The summed E-state index contributed by atoms with van der Waals surface area (Å²) in [7, 11) is 3.29. The van der Waals surface area contributed by atoms with Crippen molar-refractivity contribution < 1.29 is 23.8 Å². The zero-order chi connectivity index (χ0) is 42.1. The maximum Gasteiger partial charge on any atom is 0.281 e. The molecule has 5 aliphatic rings. The van der Waals surface area contributed by atoms with Gasteiger partial charge in [-0.2, -0.15) is 4.98 Å². The van der Waals surface area contributed by atoms with Gasteiger partial charge in [-0.05, 0) is 123 Å². The molecule has 1 fully saturated rings. The lowest BCUT2D eigenvalue weighted by Gasteiger charge is -2.38. The molecule has 16 nitrogen and oxygen atoms in total. The van der Waals surface area contributed by atoms with Gasteiger partial charge in [0, 0.05) is 58.5 Å². The van der Waals surface area contributed by atoms with Crippen LogP contribution in [0.25, 0.3) is 0 Å². The van der Waals surface area contributed by atoms with Crippen LogP contribution in [0.3, 0.4) is 0 Å². The van der Waals surface area contributed by atoms with Crippen LogP contribution < -0.4 is 24.6 Å². The summed E-state index contributed by atoms with van der Waals surface area (Å²) in [6, 6.07) is 12.1. The number of anilines is 3. The van der Waals surface area contributed by atoms with E-state index in [1.165, 1.54) is 0 Å². The number of nitrogens with one attached hydrogen (secondary N) is 1. The molecule has 4 aromatic rings. The molecular formula is C41H48Br3N11O5. The first-order chi connectivity index (χ1) is 29.1. The maximum atomic E-state index is 13.7. The smallest absolute Gasteiger partial charge is 0.281 e. The third-order valence-electron chi connectivity index (χ3n) is 11.1. The molecule has 7 heterocycles. The predicted octanol–water partition coefficient (Wildman–Crippen LogP) is 6.84. The highest BCUT2D eigenvalue weighted by molar-refractivity contribution is 9.11. The lowest BCUT2D eigenvalue weighted by Crippen LogP contribution is -2.54. The number of hydrogen-bond acceptors (Lipinski definition) is 12. The Morgan fingerprint density at radius 3 is 1.73 bits per heavy atom. The molecule has 2 aromatic carbocycles. The molecule has 0 aliphatic carbocycles. The predicted molar refractivity (Wildman–Crippen MR) is 241 cm³/mol. The number of amides is 2. The number of aromatic nitrogens is 4. The second-order valence-corrected chi connectivity index (χ2v) is 17.2. The normalized spacial score (nSPS) is 17.5. The molecule has 19 heteroatoms. The van der Waals surface area contributed by atoms with Gasteiger partial charge < -0.3 is 24.1 Å². The number of fused-ring (bicyclic) bond motifs is 6. The summed E-state index contributed by atoms with van der Waals surface area (Å²) < 4.78 is 22.5. The summed E-state index contributed by atoms with van der Waals surface area (Å²) >= 11 is 10.7. The minimum absolute atomic E-state index is 0.0514. The minimum atomic E-state index is -0.0600. The highest BCUT2D eigenvalue weighted by atomic mass is 79.9. The largest absolute Gasteiger partial charge is 0.496 e. The van der Waals surface area contributed by atoms with Gasteiger partial charge in [0.05, 0.1) is 36.3 Å². The van der Waals surface area contributed by atoms with Crippen molar-refractivity contribution in [3.05, 3.63) is 72.6 Å². The van der Waals surface area contributed by atoms with Crippen molar-refractivity contribution in [3.8, 4) is 11.5 Å². The molecular weight excluding hydrogens is 966 g/mol. The molecule has 0 atom stereocenters. The monoisotopic (exact) mass is 1010 g/mol. The highest BCUT2D eigenvalue weighted by Gasteiger charge is 2.42. The second-order valence-electron chi connectivity index (χ2n) is 14.8. The fourth-order valence-electron chi connectivity index (χ4n) is 8.12. The van der Waals surface area contributed by atoms with Crippen molar-refractivity contribution in [2.75, 3.05) is 81.8 Å². The number of benzene rings is 2. The van der Waals surface area contributed by atoms with Crippen molar-refractivity contribution in [1.82, 2.24) is 28.9 Å². The lowest BCUT2D eigenvalue weighted by molar-refractivity contribution is 0.0825. The van der Waals surface area contributed by atoms with Crippen LogP contribution in [0, 0.1) is 0 Å². The van der Waals surface area contributed by atoms with Gasteiger partial charge >= 0.3 is 0 Å². The van der Waals surface area contributed by atoms with E-state index in [0.717, 1.165) is 109 Å². The number of nitrogens with zero attached hydrogens (tertiary/aromatic N) is 10. The topological polar surface area (TPSA) is 147 Å². The van der Waals surface area contributed by atoms with Crippen LogP contribution in [0.2, 0.25) is 0 Å². The number of imidazole rings is 2. The standard InChI is InChI=1S/C23H29BrN6O3.C18H19Br2N5O2/c1-3-28-21(31)19-20(29-10-4-9-25-23(28)29)27-22(26-16-7-11-33-12-8-16)30(19)14-15-5-6-18(32-2)17(24)13-15;1-3-23-16(26)14-15(24-8-4-7-21-18(23)24)22-17(20)25(14)10-11-5-6-13(27-2)12(19)9-11/h5-6,13,16H,3-4,7-12,14H2,1-2H3,(H,26,27);5-6,9H,3-4,7-8,10H2,1-2H3. The van der Waals surface area contributed by atoms with Gasteiger partial charge in [-0.1, -0.05) is 12.1 Å². The number of methoxy groups -OCH3 is 2. The molecule has 0 spiro atoms. The molecule has 5 aliphatic heterocycles. The number of carbonyl (C=O) groups is 2. The summed E-state index contributed by atoms with van der Waals surface area (Å²) in [5.74, 6) is 4.96. The quantitative estimate of drug-likeness (QED) is 0.179. The van der Waals surface area contributed by atoms with E-state index in [1.807, 2.05) is 59.4 Å². The number of guanidine groups is 2. The Morgan fingerprint density at radius 1 is 0.733 bits per heavy atom. The average molecular weight is 1010 g/mol. The lowest BCUT2D eigenvalue weighted by atomic mass is 10.1. The van der Waals surface area contributed by atoms with Gasteiger partial charge in [0.15, 0.2) is 27.8 Å². The zero-order valence-corrected chi connectivity index (χ0v) is 38.8. The summed E-state index contributed by atoms with van der Waals surface area (Å²) in [6.45, 7) is 10.7. The number of carbonyl (C=O) groups excluding carboxylic acids is 2. The third kappa shape index (κ3) is 8.04. The van der Waals surface area contributed by atoms with E-state index in [-0.39, 0.29) is 17.9 Å². The van der Waals surface area contributed by atoms with Gasteiger partial charge in [0.25, 0.3) is 11.8 Å². The molecule has 60 heavy (non-hydrogen) atoms. The first-order valence-electron chi connectivity index (χ1n) is 20.3. The molecule has 2 aromatic heterocycles. The van der Waals surface area contributed by atoms with Gasteiger partial charge in [-0.3, -0.25) is 43.7 Å². The maximum absolute atomic E-state index is 13.7. The Balaban J connectivity index is 0.000000170. The van der Waals surface area contributed by atoms with Gasteiger partial charge in [-0.15, -0.1) is 0 Å². The molecule has 0 saturated carbocycles. The number of hydrogen-bond donors (Lipinski definition) is 1. The molecule has 0 bridgehead atoms. The molecule has 1 saturated heterocycles. The van der Waals surface area contributed by atoms with E-state index in [9.17, 15) is 9.59 Å². The molecule has 318 valence electrons. The number of aliphatic imine (C=N–C) groups is 2. The Morgan fingerprint density at radius 2 is 1.23 bits per heavy atom. The van der Waals surface area contributed by atoms with Crippen LogP contribution in [0.15, 0.2) is 60.1 Å². The molecule has 9 rings (SSSR count). The number of ether oxygens (including phenoxy) is 3. The van der Waals surface area contributed by atoms with Crippen molar-refractivity contribution in [3.63, 3.8) is 0 Å². The Bertz CT molecular complexity index is 2340. The van der Waals surface area contributed by atoms with Gasteiger partial charge in [0.2, 0.25) is 17.9 Å². The third-order valence-corrected chi connectivity index (χ3v) is 13.0. The SMILES string of the molecule is CCN1C(=O)c2c(nc(Br)n2Cc2ccc(OC)c(Br)c2)N2CCCN=C12.CCN1C(=O)c2c(nc(NC3CCOCC3)n2Cc2ccc(OC)c(Br)c2)N2CCCN=C12. The first kappa shape index (κ1) is 42.2. The molecule has 0 unspecified atom stereocenters. The Kier molecular flexibility index (Phi) is 12.9. The Hall–Kier alpha value is -4.46. The second kappa shape index (κ2) is 18.3. The number of halogens is 3. The van der Waals surface area contributed by atoms with E-state index >= 15 is 0 Å². The van der Waals surface area contributed by atoms with E-state index in [2.05, 4.69) is 77.9 Å². The van der Waals surface area contributed by atoms with Crippen molar-refractivity contribution >= 4 is 89.1 Å². The zero-order valence-electron chi connectivity index (χ0n) is 34.1.